The van der Waals surface area contributed by atoms with Gasteiger partial charge >= 0.3 is 0 Å². The fourth-order valence-electron chi connectivity index (χ4n) is 2.18. The molecule has 0 radical (unpaired) electrons. The van der Waals surface area contributed by atoms with Crippen LogP contribution in [0.3, 0.4) is 0 Å². The molecule has 1 aliphatic carbocycles. The van der Waals surface area contributed by atoms with E-state index in [0.29, 0.717) is 0 Å². The highest BCUT2D eigenvalue weighted by Crippen LogP contribution is 2.39. The van der Waals surface area contributed by atoms with Gasteiger partial charge in [-0.3, -0.25) is 0 Å². The summed E-state index contributed by atoms with van der Waals surface area (Å²) in [5.41, 5.74) is 7.36. The summed E-state index contributed by atoms with van der Waals surface area (Å²) in [5, 5.41) is 0. The minimum atomic E-state index is 0.178. The van der Waals surface area contributed by atoms with Crippen LogP contribution >= 0.6 is 0 Å². The number of rotatable bonds is 3. The molecule has 3 heteroatoms. The third-order valence-electron chi connectivity index (χ3n) is 3.20. The quantitative estimate of drug-likeness (QED) is 0.791. The molecule has 0 bridgehead atoms. The lowest BCUT2D eigenvalue weighted by Gasteiger charge is -2.10. The van der Waals surface area contributed by atoms with Crippen LogP contribution in [0.1, 0.15) is 30.9 Å². The Labute approximate surface area is 83.8 Å². The lowest BCUT2D eigenvalue weighted by Crippen LogP contribution is -2.11. The molecule has 2 aliphatic rings. The van der Waals surface area contributed by atoms with Crippen LogP contribution in [0.2, 0.25) is 0 Å². The first-order valence-corrected chi connectivity index (χ1v) is 5.42. The summed E-state index contributed by atoms with van der Waals surface area (Å²) in [5.74, 6) is 1.89. The average Bonchev–Trinajstić information content (AvgIpc) is 2.72. The van der Waals surface area contributed by atoms with E-state index < -0.39 is 0 Å². The van der Waals surface area contributed by atoms with E-state index in [9.17, 15) is 0 Å². The molecule has 1 unspecified atom stereocenters. The molecule has 1 aromatic heterocycles. The maximum atomic E-state index is 6.16. The molecule has 76 valence electrons. The molecule has 1 atom stereocenters. The minimum Gasteiger partial charge on any atom is -0.477 e. The van der Waals surface area contributed by atoms with E-state index >= 15 is 0 Å². The van der Waals surface area contributed by atoms with Crippen molar-refractivity contribution in [3.8, 4) is 5.88 Å². The van der Waals surface area contributed by atoms with E-state index in [-0.39, 0.29) is 6.04 Å². The van der Waals surface area contributed by atoms with Gasteiger partial charge < -0.3 is 15.0 Å². The third-order valence-corrected chi connectivity index (χ3v) is 3.20. The van der Waals surface area contributed by atoms with Gasteiger partial charge in [-0.05, 0) is 18.4 Å². The van der Waals surface area contributed by atoms with Crippen molar-refractivity contribution in [3.63, 3.8) is 0 Å². The van der Waals surface area contributed by atoms with Crippen LogP contribution in [0.4, 0.5) is 0 Å². The topological polar surface area (TPSA) is 40.2 Å². The smallest absolute Gasteiger partial charge is 0.198 e. The summed E-state index contributed by atoms with van der Waals surface area (Å²) in [6.07, 6.45) is 5.94. The van der Waals surface area contributed by atoms with Crippen LogP contribution in [0.5, 0.6) is 5.88 Å². The molecule has 0 saturated heterocycles. The van der Waals surface area contributed by atoms with Gasteiger partial charge in [0.15, 0.2) is 5.88 Å². The van der Waals surface area contributed by atoms with Crippen molar-refractivity contribution < 1.29 is 4.74 Å². The molecule has 3 nitrogen and oxygen atoms in total. The highest BCUT2D eigenvalue weighted by atomic mass is 16.5. The molecule has 14 heavy (non-hydrogen) atoms. The first-order chi connectivity index (χ1) is 6.84. The van der Waals surface area contributed by atoms with Gasteiger partial charge in [0.2, 0.25) is 0 Å². The number of nitrogens with two attached hydrogens (primary N) is 1. The molecule has 1 saturated carbocycles. The van der Waals surface area contributed by atoms with Gasteiger partial charge in [-0.15, -0.1) is 0 Å². The molecular formula is C11H16N2O. The Bertz CT molecular complexity index is 341. The molecule has 0 spiro atoms. The van der Waals surface area contributed by atoms with Crippen LogP contribution in [0.15, 0.2) is 12.3 Å². The zero-order valence-electron chi connectivity index (χ0n) is 8.28. The highest BCUT2D eigenvalue weighted by Gasteiger charge is 2.27. The highest BCUT2D eigenvalue weighted by molar-refractivity contribution is 5.33. The standard InChI is InChI=1S/C11H16N2O/c12-10(7-8-1-2-8)9-3-4-13-5-6-14-11(9)13/h3-4,8,10H,1-2,5-7,12H2. The van der Waals surface area contributed by atoms with E-state index in [1.54, 1.807) is 0 Å². The van der Waals surface area contributed by atoms with E-state index in [1.807, 2.05) is 0 Å². The van der Waals surface area contributed by atoms with Gasteiger partial charge in [-0.25, -0.2) is 0 Å². The van der Waals surface area contributed by atoms with Crippen molar-refractivity contribution in [2.75, 3.05) is 6.61 Å². The third kappa shape index (κ3) is 1.32. The summed E-state index contributed by atoms with van der Waals surface area (Å²) < 4.78 is 7.73. The second-order valence-corrected chi connectivity index (χ2v) is 4.40. The van der Waals surface area contributed by atoms with E-state index in [2.05, 4.69) is 16.8 Å². The Hall–Kier alpha value is -0.960. The Morgan fingerprint density at radius 3 is 3.21 bits per heavy atom. The molecule has 2 heterocycles. The first-order valence-electron chi connectivity index (χ1n) is 5.42. The molecule has 2 N–H and O–H groups in total. The normalized spacial score (nSPS) is 21.8. The second-order valence-electron chi connectivity index (χ2n) is 4.40. The zero-order valence-corrected chi connectivity index (χ0v) is 8.28. The largest absolute Gasteiger partial charge is 0.477 e. The lowest BCUT2D eigenvalue weighted by molar-refractivity contribution is 0.350. The van der Waals surface area contributed by atoms with Crippen molar-refractivity contribution in [2.24, 2.45) is 11.7 Å². The van der Waals surface area contributed by atoms with Crippen LogP contribution in [-0.4, -0.2) is 11.2 Å². The molecule has 0 amide bonds. The summed E-state index contributed by atoms with van der Waals surface area (Å²) >= 11 is 0. The first kappa shape index (κ1) is 8.36. The Morgan fingerprint density at radius 2 is 2.43 bits per heavy atom. The molecule has 1 aliphatic heterocycles. The summed E-state index contributed by atoms with van der Waals surface area (Å²) in [6, 6.07) is 2.29. The van der Waals surface area contributed by atoms with Gasteiger partial charge in [0.05, 0.1) is 6.54 Å². The van der Waals surface area contributed by atoms with Gasteiger partial charge in [0.1, 0.15) is 6.61 Å². The van der Waals surface area contributed by atoms with Gasteiger partial charge in [0.25, 0.3) is 0 Å². The van der Waals surface area contributed by atoms with Crippen molar-refractivity contribution in [3.05, 3.63) is 17.8 Å². The Balaban J connectivity index is 1.80. The van der Waals surface area contributed by atoms with Gasteiger partial charge in [-0.2, -0.15) is 0 Å². The SMILES string of the molecule is NC(CC1CC1)c1ccn2c1OCC2. The maximum Gasteiger partial charge on any atom is 0.198 e. The van der Waals surface area contributed by atoms with E-state index in [4.69, 9.17) is 10.5 Å². The Kier molecular flexibility index (Phi) is 1.80. The predicted molar refractivity (Wildman–Crippen MR) is 54.2 cm³/mol. The van der Waals surface area contributed by atoms with Crippen LogP contribution in [-0.2, 0) is 6.54 Å². The number of hydrogen-bond donors (Lipinski definition) is 1. The fourth-order valence-corrected chi connectivity index (χ4v) is 2.18. The predicted octanol–water partition coefficient (Wildman–Crippen LogP) is 1.68. The minimum absolute atomic E-state index is 0.178. The maximum absolute atomic E-state index is 6.16. The van der Waals surface area contributed by atoms with Crippen molar-refractivity contribution >= 4 is 0 Å². The number of hydrogen-bond acceptors (Lipinski definition) is 2. The summed E-state index contributed by atoms with van der Waals surface area (Å²) in [6.45, 7) is 1.78. The number of nitrogens with zero attached hydrogens (tertiary/aromatic N) is 1. The monoisotopic (exact) mass is 192 g/mol. The van der Waals surface area contributed by atoms with E-state index in [1.165, 1.54) is 18.4 Å². The van der Waals surface area contributed by atoms with Gasteiger partial charge in [-0.1, -0.05) is 12.8 Å². The van der Waals surface area contributed by atoms with Gasteiger partial charge in [0, 0.05) is 17.8 Å². The van der Waals surface area contributed by atoms with Crippen LogP contribution < -0.4 is 10.5 Å². The molecule has 1 fully saturated rings. The van der Waals surface area contributed by atoms with Crippen molar-refractivity contribution in [2.45, 2.75) is 31.8 Å². The molecule has 0 aromatic carbocycles. The van der Waals surface area contributed by atoms with E-state index in [0.717, 1.165) is 31.4 Å². The zero-order chi connectivity index (χ0) is 9.54. The number of ether oxygens (including phenoxy) is 1. The van der Waals surface area contributed by atoms with Crippen LogP contribution in [0.25, 0.3) is 0 Å². The second kappa shape index (κ2) is 3.02. The number of fused-ring (bicyclic) bond motifs is 1. The van der Waals surface area contributed by atoms with Crippen LogP contribution in [0, 0.1) is 5.92 Å². The average molecular weight is 192 g/mol. The summed E-state index contributed by atoms with van der Waals surface area (Å²) in [4.78, 5) is 0. The molecule has 3 rings (SSSR count). The molecule has 1 aromatic rings. The Morgan fingerprint density at radius 1 is 1.57 bits per heavy atom. The summed E-state index contributed by atoms with van der Waals surface area (Å²) in [7, 11) is 0. The fraction of sp³-hybridized carbons (Fsp3) is 0.636. The lowest BCUT2D eigenvalue weighted by atomic mass is 10.1. The number of aromatic nitrogens is 1. The van der Waals surface area contributed by atoms with Crippen molar-refractivity contribution in [1.29, 1.82) is 0 Å². The molecular weight excluding hydrogens is 176 g/mol. The van der Waals surface area contributed by atoms with Crippen molar-refractivity contribution in [1.82, 2.24) is 4.57 Å².